The molecular weight excluding hydrogens is 164 g/mol. The number of nitrogens with one attached hydrogen (secondary N) is 1. The number of rotatable bonds is 5. The summed E-state index contributed by atoms with van der Waals surface area (Å²) < 4.78 is 5.22. The van der Waals surface area contributed by atoms with Gasteiger partial charge in [0.25, 0.3) is 0 Å². The number of hydrogen-bond donors (Lipinski definition) is 2. The number of hydrogen-bond acceptors (Lipinski definition) is 3. The first-order chi connectivity index (χ1) is 6.38. The van der Waals surface area contributed by atoms with E-state index < -0.39 is 0 Å². The van der Waals surface area contributed by atoms with Crippen molar-refractivity contribution in [1.82, 2.24) is 5.32 Å². The summed E-state index contributed by atoms with van der Waals surface area (Å²) in [7, 11) is 0. The van der Waals surface area contributed by atoms with Crippen LogP contribution in [0.4, 0.5) is 0 Å². The minimum absolute atomic E-state index is 0.0725. The molecule has 0 bridgehead atoms. The van der Waals surface area contributed by atoms with Crippen LogP contribution in [-0.4, -0.2) is 13.1 Å². The fourth-order valence-electron chi connectivity index (χ4n) is 1.11. The molecule has 3 heteroatoms. The Hall–Kier alpha value is -1.24. The lowest BCUT2D eigenvalue weighted by atomic mass is 10.2. The molecule has 0 spiro atoms. The molecule has 0 radical (unpaired) electrons. The summed E-state index contributed by atoms with van der Waals surface area (Å²) in [5, 5.41) is 3.21. The summed E-state index contributed by atoms with van der Waals surface area (Å²) in [6, 6.07) is 3.82. The van der Waals surface area contributed by atoms with E-state index in [2.05, 4.69) is 11.2 Å². The Morgan fingerprint density at radius 3 is 3.08 bits per heavy atom. The Morgan fingerprint density at radius 1 is 1.69 bits per heavy atom. The van der Waals surface area contributed by atoms with Gasteiger partial charge in [-0.05, 0) is 12.1 Å². The van der Waals surface area contributed by atoms with Crippen LogP contribution in [0.5, 0.6) is 0 Å². The van der Waals surface area contributed by atoms with Crippen molar-refractivity contribution in [3.8, 4) is 12.3 Å². The standard InChI is InChI=1S/C10H14N2O/c1-2-3-6-12-9(8-11)10-5-4-7-13-10/h1,4-5,7,9,12H,3,6,8,11H2. The van der Waals surface area contributed by atoms with Gasteiger partial charge in [-0.15, -0.1) is 12.3 Å². The van der Waals surface area contributed by atoms with Crippen LogP contribution in [0.2, 0.25) is 0 Å². The first-order valence-corrected chi connectivity index (χ1v) is 4.28. The van der Waals surface area contributed by atoms with Crippen LogP contribution < -0.4 is 11.1 Å². The molecule has 0 saturated carbocycles. The topological polar surface area (TPSA) is 51.2 Å². The highest BCUT2D eigenvalue weighted by Crippen LogP contribution is 2.11. The zero-order valence-electron chi connectivity index (χ0n) is 7.49. The summed E-state index contributed by atoms with van der Waals surface area (Å²) in [5.41, 5.74) is 5.57. The molecule has 1 unspecified atom stereocenters. The van der Waals surface area contributed by atoms with E-state index in [1.165, 1.54) is 0 Å². The van der Waals surface area contributed by atoms with Crippen LogP contribution in [0.1, 0.15) is 18.2 Å². The molecule has 1 aromatic rings. The lowest BCUT2D eigenvalue weighted by Crippen LogP contribution is -2.28. The molecule has 0 aromatic carbocycles. The molecule has 1 rings (SSSR count). The fourth-order valence-corrected chi connectivity index (χ4v) is 1.11. The van der Waals surface area contributed by atoms with Crippen LogP contribution >= 0.6 is 0 Å². The molecule has 0 aliphatic heterocycles. The van der Waals surface area contributed by atoms with Gasteiger partial charge in [0.15, 0.2) is 0 Å². The molecule has 0 saturated heterocycles. The Kier molecular flexibility index (Phi) is 4.10. The van der Waals surface area contributed by atoms with E-state index in [0.29, 0.717) is 13.0 Å². The zero-order valence-corrected chi connectivity index (χ0v) is 7.49. The van der Waals surface area contributed by atoms with Gasteiger partial charge in [0.05, 0.1) is 12.3 Å². The van der Waals surface area contributed by atoms with Crippen molar-refractivity contribution in [1.29, 1.82) is 0 Å². The average molecular weight is 178 g/mol. The quantitative estimate of drug-likeness (QED) is 0.520. The van der Waals surface area contributed by atoms with E-state index >= 15 is 0 Å². The van der Waals surface area contributed by atoms with E-state index in [1.807, 2.05) is 12.1 Å². The predicted molar refractivity (Wildman–Crippen MR) is 52.0 cm³/mol. The van der Waals surface area contributed by atoms with E-state index in [0.717, 1.165) is 12.3 Å². The van der Waals surface area contributed by atoms with Gasteiger partial charge in [-0.1, -0.05) is 0 Å². The van der Waals surface area contributed by atoms with Gasteiger partial charge in [-0.3, -0.25) is 0 Å². The maximum absolute atomic E-state index is 5.57. The summed E-state index contributed by atoms with van der Waals surface area (Å²) in [4.78, 5) is 0. The fraction of sp³-hybridized carbons (Fsp3) is 0.400. The van der Waals surface area contributed by atoms with Crippen LogP contribution in [0.3, 0.4) is 0 Å². The second kappa shape index (κ2) is 5.41. The van der Waals surface area contributed by atoms with Crippen molar-refractivity contribution in [2.75, 3.05) is 13.1 Å². The van der Waals surface area contributed by atoms with Crippen LogP contribution in [0.15, 0.2) is 22.8 Å². The smallest absolute Gasteiger partial charge is 0.121 e. The van der Waals surface area contributed by atoms with Crippen molar-refractivity contribution < 1.29 is 4.42 Å². The highest BCUT2D eigenvalue weighted by atomic mass is 16.3. The molecule has 0 aliphatic carbocycles. The van der Waals surface area contributed by atoms with E-state index in [4.69, 9.17) is 16.6 Å². The number of furan rings is 1. The van der Waals surface area contributed by atoms with Crippen LogP contribution in [0, 0.1) is 12.3 Å². The summed E-state index contributed by atoms with van der Waals surface area (Å²) in [6.07, 6.45) is 7.48. The maximum atomic E-state index is 5.57. The van der Waals surface area contributed by atoms with Crippen LogP contribution in [-0.2, 0) is 0 Å². The van der Waals surface area contributed by atoms with Gasteiger partial charge in [-0.25, -0.2) is 0 Å². The maximum Gasteiger partial charge on any atom is 0.121 e. The lowest BCUT2D eigenvalue weighted by molar-refractivity contribution is 0.420. The molecular formula is C10H14N2O. The Morgan fingerprint density at radius 2 is 2.54 bits per heavy atom. The monoisotopic (exact) mass is 178 g/mol. The number of terminal acetylenes is 1. The summed E-state index contributed by atoms with van der Waals surface area (Å²) >= 11 is 0. The van der Waals surface area contributed by atoms with Crippen molar-refractivity contribution in [3.63, 3.8) is 0 Å². The van der Waals surface area contributed by atoms with Gasteiger partial charge in [0.2, 0.25) is 0 Å². The third-order valence-electron chi connectivity index (χ3n) is 1.78. The second-order valence-electron chi connectivity index (χ2n) is 2.71. The minimum atomic E-state index is 0.0725. The molecule has 1 heterocycles. The molecule has 0 amide bonds. The first kappa shape index (κ1) is 9.85. The third-order valence-corrected chi connectivity index (χ3v) is 1.78. The minimum Gasteiger partial charge on any atom is -0.468 e. The van der Waals surface area contributed by atoms with Crippen molar-refractivity contribution in [3.05, 3.63) is 24.2 Å². The van der Waals surface area contributed by atoms with Crippen molar-refractivity contribution in [2.24, 2.45) is 5.73 Å². The highest BCUT2D eigenvalue weighted by Gasteiger charge is 2.10. The molecule has 0 fully saturated rings. The zero-order chi connectivity index (χ0) is 9.52. The van der Waals surface area contributed by atoms with E-state index in [1.54, 1.807) is 6.26 Å². The Balaban J connectivity index is 2.41. The van der Waals surface area contributed by atoms with Gasteiger partial charge in [0.1, 0.15) is 5.76 Å². The van der Waals surface area contributed by atoms with Gasteiger partial charge in [-0.2, -0.15) is 0 Å². The Labute approximate surface area is 78.3 Å². The van der Waals surface area contributed by atoms with Crippen molar-refractivity contribution in [2.45, 2.75) is 12.5 Å². The predicted octanol–water partition coefficient (Wildman–Crippen LogP) is 0.892. The largest absolute Gasteiger partial charge is 0.468 e. The molecule has 13 heavy (non-hydrogen) atoms. The van der Waals surface area contributed by atoms with Crippen molar-refractivity contribution >= 4 is 0 Å². The molecule has 3 nitrogen and oxygen atoms in total. The molecule has 3 N–H and O–H groups in total. The molecule has 70 valence electrons. The van der Waals surface area contributed by atoms with E-state index in [-0.39, 0.29) is 6.04 Å². The number of nitrogens with two attached hydrogens (primary N) is 1. The van der Waals surface area contributed by atoms with E-state index in [9.17, 15) is 0 Å². The normalized spacial score (nSPS) is 12.3. The van der Waals surface area contributed by atoms with Gasteiger partial charge in [0, 0.05) is 19.5 Å². The summed E-state index contributed by atoms with van der Waals surface area (Å²) in [5.74, 6) is 3.42. The van der Waals surface area contributed by atoms with Crippen LogP contribution in [0.25, 0.3) is 0 Å². The second-order valence-corrected chi connectivity index (χ2v) is 2.71. The molecule has 1 aromatic heterocycles. The van der Waals surface area contributed by atoms with Gasteiger partial charge >= 0.3 is 0 Å². The average Bonchev–Trinajstić information content (AvgIpc) is 2.65. The van der Waals surface area contributed by atoms with Gasteiger partial charge < -0.3 is 15.5 Å². The molecule has 1 atom stereocenters. The lowest BCUT2D eigenvalue weighted by Gasteiger charge is -2.12. The first-order valence-electron chi connectivity index (χ1n) is 4.28. The SMILES string of the molecule is C#CCCNC(CN)c1ccco1. The summed E-state index contributed by atoms with van der Waals surface area (Å²) in [6.45, 7) is 1.27. The highest BCUT2D eigenvalue weighted by molar-refractivity contribution is 5.04. The molecule has 0 aliphatic rings. The Bertz CT molecular complexity index is 261. The third kappa shape index (κ3) is 2.94.